The van der Waals surface area contributed by atoms with Gasteiger partial charge < -0.3 is 10.6 Å². The lowest BCUT2D eigenvalue weighted by Crippen LogP contribution is -2.36. The van der Waals surface area contributed by atoms with E-state index in [1.807, 2.05) is 31.3 Å². The first-order valence-corrected chi connectivity index (χ1v) is 9.41. The third-order valence-corrected chi connectivity index (χ3v) is 4.80. The smallest absolute Gasteiger partial charge is 0.234 e. The number of likely N-dealkylation sites (tertiary alicyclic amines) is 1. The molecule has 138 valence electrons. The van der Waals surface area contributed by atoms with Crippen molar-refractivity contribution in [2.24, 2.45) is 0 Å². The molecule has 1 saturated heterocycles. The highest BCUT2D eigenvalue weighted by atomic mass is 16.2. The van der Waals surface area contributed by atoms with Crippen molar-refractivity contribution < 1.29 is 4.79 Å². The Morgan fingerprint density at radius 1 is 1.19 bits per heavy atom. The molecule has 3 rings (SSSR count). The molecule has 0 unspecified atom stereocenters. The molecule has 2 N–H and O–H groups in total. The van der Waals surface area contributed by atoms with Gasteiger partial charge in [-0.25, -0.2) is 4.98 Å². The van der Waals surface area contributed by atoms with Gasteiger partial charge in [-0.15, -0.1) is 0 Å². The quantitative estimate of drug-likeness (QED) is 0.717. The second-order valence-electron chi connectivity index (χ2n) is 6.98. The van der Waals surface area contributed by atoms with E-state index in [0.717, 1.165) is 43.9 Å². The number of benzene rings is 1. The van der Waals surface area contributed by atoms with Crippen LogP contribution in [-0.2, 0) is 4.79 Å². The SMILES string of the molecule is Cc1ccc(NCCCNC(=O)CN2CC[C@H](c3ccccc3)C2)nc1. The van der Waals surface area contributed by atoms with Gasteiger partial charge in [0.15, 0.2) is 0 Å². The van der Waals surface area contributed by atoms with Crippen LogP contribution in [0.5, 0.6) is 0 Å². The number of carbonyl (C=O) groups is 1. The minimum atomic E-state index is 0.118. The fourth-order valence-electron chi connectivity index (χ4n) is 3.34. The Morgan fingerprint density at radius 3 is 2.81 bits per heavy atom. The fraction of sp³-hybridized carbons (Fsp3) is 0.429. The molecule has 0 aliphatic carbocycles. The van der Waals surface area contributed by atoms with E-state index < -0.39 is 0 Å². The molecule has 0 bridgehead atoms. The van der Waals surface area contributed by atoms with E-state index in [1.165, 1.54) is 5.56 Å². The largest absolute Gasteiger partial charge is 0.370 e. The number of anilines is 1. The van der Waals surface area contributed by atoms with Crippen LogP contribution in [0.2, 0.25) is 0 Å². The molecule has 2 heterocycles. The van der Waals surface area contributed by atoms with E-state index in [9.17, 15) is 4.79 Å². The van der Waals surface area contributed by atoms with E-state index in [2.05, 4.69) is 44.8 Å². The zero-order chi connectivity index (χ0) is 18.2. The molecular weight excluding hydrogens is 324 g/mol. The maximum absolute atomic E-state index is 12.1. The Balaban J connectivity index is 1.29. The number of nitrogens with zero attached hydrogens (tertiary/aromatic N) is 2. The molecule has 0 spiro atoms. The Bertz CT molecular complexity index is 687. The van der Waals surface area contributed by atoms with Crippen LogP contribution in [0.15, 0.2) is 48.7 Å². The minimum Gasteiger partial charge on any atom is -0.370 e. The van der Waals surface area contributed by atoms with Crippen molar-refractivity contribution in [3.63, 3.8) is 0 Å². The molecule has 2 aromatic rings. The lowest BCUT2D eigenvalue weighted by molar-refractivity contribution is -0.122. The minimum absolute atomic E-state index is 0.118. The molecule has 1 aliphatic rings. The maximum Gasteiger partial charge on any atom is 0.234 e. The molecule has 0 radical (unpaired) electrons. The Hall–Kier alpha value is -2.40. The number of hydrogen-bond donors (Lipinski definition) is 2. The number of rotatable bonds is 8. The highest BCUT2D eigenvalue weighted by molar-refractivity contribution is 5.78. The summed E-state index contributed by atoms with van der Waals surface area (Å²) >= 11 is 0. The summed E-state index contributed by atoms with van der Waals surface area (Å²) in [5, 5.41) is 6.29. The zero-order valence-electron chi connectivity index (χ0n) is 15.4. The van der Waals surface area contributed by atoms with Crippen molar-refractivity contribution in [1.29, 1.82) is 0 Å². The van der Waals surface area contributed by atoms with E-state index in [4.69, 9.17) is 0 Å². The van der Waals surface area contributed by atoms with Gasteiger partial charge in [0.1, 0.15) is 5.82 Å². The normalized spacial score (nSPS) is 17.2. The van der Waals surface area contributed by atoms with Gasteiger partial charge in [-0.2, -0.15) is 0 Å². The zero-order valence-corrected chi connectivity index (χ0v) is 15.4. The van der Waals surface area contributed by atoms with Crippen molar-refractivity contribution in [3.8, 4) is 0 Å². The summed E-state index contributed by atoms with van der Waals surface area (Å²) in [4.78, 5) is 18.7. The number of hydrogen-bond acceptors (Lipinski definition) is 4. The number of carbonyl (C=O) groups excluding carboxylic acids is 1. The van der Waals surface area contributed by atoms with Crippen LogP contribution in [0.25, 0.3) is 0 Å². The fourth-order valence-corrected chi connectivity index (χ4v) is 3.34. The standard InChI is InChI=1S/C21H28N4O/c1-17-8-9-20(24-14-17)22-11-5-12-23-21(26)16-25-13-10-19(15-25)18-6-3-2-4-7-18/h2-4,6-9,14,19H,5,10-13,15-16H2,1H3,(H,22,24)(H,23,26)/t19-/m0/s1. The Labute approximate surface area is 155 Å². The lowest BCUT2D eigenvalue weighted by atomic mass is 9.99. The van der Waals surface area contributed by atoms with Crippen LogP contribution in [0.1, 0.15) is 29.9 Å². The number of amides is 1. The van der Waals surface area contributed by atoms with Crippen molar-refractivity contribution in [1.82, 2.24) is 15.2 Å². The Kier molecular flexibility index (Phi) is 6.61. The highest BCUT2D eigenvalue weighted by Crippen LogP contribution is 2.26. The third-order valence-electron chi connectivity index (χ3n) is 4.80. The van der Waals surface area contributed by atoms with Crippen molar-refractivity contribution in [3.05, 3.63) is 59.8 Å². The molecule has 1 atom stereocenters. The number of aryl methyl sites for hydroxylation is 1. The summed E-state index contributed by atoms with van der Waals surface area (Å²) in [7, 11) is 0. The highest BCUT2D eigenvalue weighted by Gasteiger charge is 2.24. The van der Waals surface area contributed by atoms with E-state index in [-0.39, 0.29) is 5.91 Å². The van der Waals surface area contributed by atoms with Crippen LogP contribution in [-0.4, -0.2) is 48.5 Å². The predicted molar refractivity (Wildman–Crippen MR) is 105 cm³/mol. The molecule has 1 aliphatic heterocycles. The molecule has 1 aromatic carbocycles. The third kappa shape index (κ3) is 5.56. The first kappa shape index (κ1) is 18.4. The first-order chi connectivity index (χ1) is 12.7. The van der Waals surface area contributed by atoms with Gasteiger partial charge >= 0.3 is 0 Å². The summed E-state index contributed by atoms with van der Waals surface area (Å²) in [6, 6.07) is 14.6. The number of pyridine rings is 1. The molecule has 5 heteroatoms. The van der Waals surface area contributed by atoms with Gasteiger partial charge in [-0.3, -0.25) is 9.69 Å². The molecular formula is C21H28N4O. The molecule has 26 heavy (non-hydrogen) atoms. The number of nitrogens with one attached hydrogen (secondary N) is 2. The van der Waals surface area contributed by atoms with Gasteiger partial charge in [0.05, 0.1) is 6.54 Å². The average Bonchev–Trinajstić information content (AvgIpc) is 3.12. The van der Waals surface area contributed by atoms with E-state index >= 15 is 0 Å². The number of aromatic nitrogens is 1. The molecule has 1 aromatic heterocycles. The van der Waals surface area contributed by atoms with Gasteiger partial charge in [-0.1, -0.05) is 36.4 Å². The summed E-state index contributed by atoms with van der Waals surface area (Å²) in [6.45, 7) is 5.97. The average molecular weight is 352 g/mol. The maximum atomic E-state index is 12.1. The van der Waals surface area contributed by atoms with E-state index in [1.54, 1.807) is 0 Å². The van der Waals surface area contributed by atoms with Crippen molar-refractivity contribution in [2.75, 3.05) is 38.0 Å². The predicted octanol–water partition coefficient (Wildman–Crippen LogP) is 2.80. The van der Waals surface area contributed by atoms with Gasteiger partial charge in [0.25, 0.3) is 0 Å². The van der Waals surface area contributed by atoms with Crippen LogP contribution in [0, 0.1) is 6.92 Å². The van der Waals surface area contributed by atoms with Gasteiger partial charge in [-0.05, 0) is 49.4 Å². The second kappa shape index (κ2) is 9.34. The van der Waals surface area contributed by atoms with Crippen LogP contribution >= 0.6 is 0 Å². The summed E-state index contributed by atoms with van der Waals surface area (Å²) in [6.07, 6.45) is 3.86. The first-order valence-electron chi connectivity index (χ1n) is 9.41. The topological polar surface area (TPSA) is 57.3 Å². The molecule has 1 amide bonds. The van der Waals surface area contributed by atoms with Crippen LogP contribution in [0.3, 0.4) is 0 Å². The summed E-state index contributed by atoms with van der Waals surface area (Å²) < 4.78 is 0. The summed E-state index contributed by atoms with van der Waals surface area (Å²) in [5.41, 5.74) is 2.53. The second-order valence-corrected chi connectivity index (χ2v) is 6.98. The van der Waals surface area contributed by atoms with Crippen molar-refractivity contribution >= 4 is 11.7 Å². The van der Waals surface area contributed by atoms with Gasteiger partial charge in [0, 0.05) is 25.8 Å². The lowest BCUT2D eigenvalue weighted by Gasteiger charge is -2.16. The van der Waals surface area contributed by atoms with Crippen molar-refractivity contribution in [2.45, 2.75) is 25.7 Å². The molecule has 5 nitrogen and oxygen atoms in total. The van der Waals surface area contributed by atoms with E-state index in [0.29, 0.717) is 19.0 Å². The Morgan fingerprint density at radius 2 is 2.04 bits per heavy atom. The summed E-state index contributed by atoms with van der Waals surface area (Å²) in [5.74, 6) is 1.55. The van der Waals surface area contributed by atoms with Gasteiger partial charge in [0.2, 0.25) is 5.91 Å². The molecule has 1 fully saturated rings. The van der Waals surface area contributed by atoms with Crippen LogP contribution < -0.4 is 10.6 Å². The monoisotopic (exact) mass is 352 g/mol. The van der Waals surface area contributed by atoms with Crippen LogP contribution in [0.4, 0.5) is 5.82 Å². The molecule has 0 saturated carbocycles.